The van der Waals surface area contributed by atoms with Crippen LogP contribution in [0, 0.1) is 13.8 Å². The number of hydrogen-bond donors (Lipinski definition) is 2. The van der Waals surface area contributed by atoms with E-state index in [0.717, 1.165) is 23.2 Å². The van der Waals surface area contributed by atoms with Gasteiger partial charge in [0.1, 0.15) is 0 Å². The highest BCUT2D eigenvalue weighted by atomic mass is 35.5. The molecule has 0 aliphatic rings. The average Bonchev–Trinajstić information content (AvgIpc) is 2.33. The molecular formula is C15H23ClN2O3. The fraction of sp³-hybridized carbons (Fsp3) is 0.467. The molecule has 0 atom stereocenters. The van der Waals surface area contributed by atoms with Gasteiger partial charge in [0.05, 0.1) is 13.1 Å². The van der Waals surface area contributed by atoms with Crippen molar-refractivity contribution in [2.45, 2.75) is 27.2 Å². The summed E-state index contributed by atoms with van der Waals surface area (Å²) in [6.07, 6.45) is 0.810. The van der Waals surface area contributed by atoms with E-state index in [1.54, 1.807) is 4.90 Å². The van der Waals surface area contributed by atoms with Crippen molar-refractivity contribution in [3.63, 3.8) is 0 Å². The number of carboxylic acid groups (broad SMARTS) is 1. The topological polar surface area (TPSA) is 69.6 Å². The molecule has 0 unspecified atom stereocenters. The summed E-state index contributed by atoms with van der Waals surface area (Å²) in [6.45, 7) is 6.41. The number of amides is 1. The minimum Gasteiger partial charge on any atom is -0.480 e. The molecule has 0 aromatic heterocycles. The van der Waals surface area contributed by atoms with Crippen LogP contribution in [0.25, 0.3) is 0 Å². The van der Waals surface area contributed by atoms with Crippen LogP contribution >= 0.6 is 12.4 Å². The lowest BCUT2D eigenvalue weighted by Crippen LogP contribution is -2.37. The van der Waals surface area contributed by atoms with Gasteiger partial charge in [-0.2, -0.15) is 0 Å². The van der Waals surface area contributed by atoms with Crippen molar-refractivity contribution >= 4 is 30.0 Å². The number of nitrogens with zero attached hydrogens (tertiary/aromatic N) is 1. The van der Waals surface area contributed by atoms with Gasteiger partial charge < -0.3 is 10.4 Å². The zero-order valence-electron chi connectivity index (χ0n) is 12.7. The van der Waals surface area contributed by atoms with Crippen LogP contribution in [-0.2, 0) is 9.59 Å². The standard InChI is InChI=1S/C15H22N2O3.ClH/c1-4-7-17(10-15(19)20)9-14(18)16-13-8-11(2)5-6-12(13)3;/h5-6,8H,4,7,9-10H2,1-3H3,(H,16,18)(H,19,20);1H. The Balaban J connectivity index is 0.00000400. The van der Waals surface area contributed by atoms with E-state index in [4.69, 9.17) is 5.11 Å². The molecule has 6 heteroatoms. The van der Waals surface area contributed by atoms with Crippen LogP contribution in [0.5, 0.6) is 0 Å². The summed E-state index contributed by atoms with van der Waals surface area (Å²) >= 11 is 0. The molecule has 5 nitrogen and oxygen atoms in total. The van der Waals surface area contributed by atoms with Crippen molar-refractivity contribution in [1.29, 1.82) is 0 Å². The predicted molar refractivity (Wildman–Crippen MR) is 86.2 cm³/mol. The second-order valence-corrected chi connectivity index (χ2v) is 4.97. The van der Waals surface area contributed by atoms with Crippen LogP contribution < -0.4 is 5.32 Å². The molecular weight excluding hydrogens is 292 g/mol. The minimum absolute atomic E-state index is 0. The van der Waals surface area contributed by atoms with Crippen molar-refractivity contribution in [1.82, 2.24) is 4.90 Å². The molecule has 0 fully saturated rings. The molecule has 0 heterocycles. The Labute approximate surface area is 131 Å². The summed E-state index contributed by atoms with van der Waals surface area (Å²) < 4.78 is 0. The van der Waals surface area contributed by atoms with E-state index < -0.39 is 5.97 Å². The number of hydrogen-bond acceptors (Lipinski definition) is 3. The Kier molecular flexibility index (Phi) is 8.66. The third-order valence-electron chi connectivity index (χ3n) is 2.93. The normalized spacial score (nSPS) is 10.1. The first-order valence-corrected chi connectivity index (χ1v) is 6.73. The molecule has 118 valence electrons. The zero-order chi connectivity index (χ0) is 15.1. The van der Waals surface area contributed by atoms with Crippen LogP contribution in [0.3, 0.4) is 0 Å². The van der Waals surface area contributed by atoms with Crippen LogP contribution in [0.1, 0.15) is 24.5 Å². The first-order valence-electron chi connectivity index (χ1n) is 6.73. The molecule has 0 aliphatic heterocycles. The van der Waals surface area contributed by atoms with Crippen molar-refractivity contribution in [3.05, 3.63) is 29.3 Å². The van der Waals surface area contributed by atoms with Gasteiger partial charge in [0.15, 0.2) is 0 Å². The number of rotatable bonds is 7. The van der Waals surface area contributed by atoms with E-state index in [0.29, 0.717) is 6.54 Å². The lowest BCUT2D eigenvalue weighted by Gasteiger charge is -2.19. The lowest BCUT2D eigenvalue weighted by molar-refractivity contribution is -0.138. The van der Waals surface area contributed by atoms with Gasteiger partial charge in [-0.3, -0.25) is 14.5 Å². The predicted octanol–water partition coefficient (Wildman–Crippen LogP) is 2.46. The van der Waals surface area contributed by atoms with Crippen molar-refractivity contribution < 1.29 is 14.7 Å². The number of anilines is 1. The summed E-state index contributed by atoms with van der Waals surface area (Å²) in [5.41, 5.74) is 2.84. The van der Waals surface area contributed by atoms with Crippen LogP contribution in [0.2, 0.25) is 0 Å². The Hall–Kier alpha value is -1.59. The molecule has 1 aromatic carbocycles. The number of benzene rings is 1. The summed E-state index contributed by atoms with van der Waals surface area (Å²) in [6, 6.07) is 5.85. The van der Waals surface area contributed by atoms with Gasteiger partial charge >= 0.3 is 5.97 Å². The van der Waals surface area contributed by atoms with Gasteiger partial charge in [-0.25, -0.2) is 0 Å². The van der Waals surface area contributed by atoms with E-state index in [-0.39, 0.29) is 31.4 Å². The molecule has 0 saturated carbocycles. The number of aliphatic carboxylic acids is 1. The highest BCUT2D eigenvalue weighted by Crippen LogP contribution is 2.16. The second kappa shape index (κ2) is 9.37. The van der Waals surface area contributed by atoms with E-state index in [2.05, 4.69) is 5.32 Å². The van der Waals surface area contributed by atoms with E-state index >= 15 is 0 Å². The number of carbonyl (C=O) groups is 2. The molecule has 2 N–H and O–H groups in total. The van der Waals surface area contributed by atoms with Crippen molar-refractivity contribution in [2.75, 3.05) is 25.0 Å². The molecule has 0 saturated heterocycles. The van der Waals surface area contributed by atoms with E-state index in [9.17, 15) is 9.59 Å². The number of carbonyl (C=O) groups excluding carboxylic acids is 1. The zero-order valence-corrected chi connectivity index (χ0v) is 13.5. The molecule has 0 spiro atoms. The lowest BCUT2D eigenvalue weighted by atomic mass is 10.1. The fourth-order valence-electron chi connectivity index (χ4n) is 1.98. The monoisotopic (exact) mass is 314 g/mol. The molecule has 0 aliphatic carbocycles. The number of aryl methyl sites for hydroxylation is 2. The Morgan fingerprint density at radius 3 is 2.48 bits per heavy atom. The maximum atomic E-state index is 12.0. The minimum atomic E-state index is -0.919. The van der Waals surface area contributed by atoms with Gasteiger partial charge in [0.2, 0.25) is 5.91 Å². The Morgan fingerprint density at radius 2 is 1.90 bits per heavy atom. The van der Waals surface area contributed by atoms with Gasteiger partial charge in [-0.15, -0.1) is 12.4 Å². The van der Waals surface area contributed by atoms with Gasteiger partial charge in [0, 0.05) is 5.69 Å². The third-order valence-corrected chi connectivity index (χ3v) is 2.93. The van der Waals surface area contributed by atoms with Gasteiger partial charge in [-0.1, -0.05) is 19.1 Å². The number of nitrogens with one attached hydrogen (secondary N) is 1. The van der Waals surface area contributed by atoms with Crippen LogP contribution in [-0.4, -0.2) is 41.5 Å². The Bertz CT molecular complexity index is 492. The highest BCUT2D eigenvalue weighted by molar-refractivity contribution is 5.93. The molecule has 0 radical (unpaired) electrons. The first-order chi connectivity index (χ1) is 9.42. The Morgan fingerprint density at radius 1 is 1.24 bits per heavy atom. The second-order valence-electron chi connectivity index (χ2n) is 4.97. The smallest absolute Gasteiger partial charge is 0.317 e. The fourth-order valence-corrected chi connectivity index (χ4v) is 1.98. The van der Waals surface area contributed by atoms with Gasteiger partial charge in [0.25, 0.3) is 0 Å². The molecule has 1 rings (SSSR count). The SMILES string of the molecule is CCCN(CC(=O)O)CC(=O)Nc1cc(C)ccc1C.Cl. The van der Waals surface area contributed by atoms with Crippen molar-refractivity contribution in [3.8, 4) is 0 Å². The molecule has 0 bridgehead atoms. The summed E-state index contributed by atoms with van der Waals surface area (Å²) in [7, 11) is 0. The average molecular weight is 315 g/mol. The largest absolute Gasteiger partial charge is 0.480 e. The number of carboxylic acids is 1. The van der Waals surface area contributed by atoms with Gasteiger partial charge in [-0.05, 0) is 44.0 Å². The quantitative estimate of drug-likeness (QED) is 0.811. The molecule has 1 amide bonds. The molecule has 1 aromatic rings. The maximum Gasteiger partial charge on any atom is 0.317 e. The number of halogens is 1. The van der Waals surface area contributed by atoms with Crippen LogP contribution in [0.4, 0.5) is 5.69 Å². The highest BCUT2D eigenvalue weighted by Gasteiger charge is 2.13. The molecule has 21 heavy (non-hydrogen) atoms. The van der Waals surface area contributed by atoms with E-state index in [1.165, 1.54) is 0 Å². The van der Waals surface area contributed by atoms with E-state index in [1.807, 2.05) is 39.0 Å². The summed E-state index contributed by atoms with van der Waals surface area (Å²) in [4.78, 5) is 24.4. The van der Waals surface area contributed by atoms with Crippen molar-refractivity contribution in [2.24, 2.45) is 0 Å². The van der Waals surface area contributed by atoms with Crippen LogP contribution in [0.15, 0.2) is 18.2 Å². The summed E-state index contributed by atoms with van der Waals surface area (Å²) in [5, 5.41) is 11.7. The summed E-state index contributed by atoms with van der Waals surface area (Å²) in [5.74, 6) is -1.11. The third kappa shape index (κ3) is 7.11. The maximum absolute atomic E-state index is 12.0. The first kappa shape index (κ1) is 19.4.